The van der Waals surface area contributed by atoms with Crippen molar-refractivity contribution >= 4 is 17.5 Å². The molecule has 0 unspecified atom stereocenters. The second-order valence-corrected chi connectivity index (χ2v) is 6.86. The van der Waals surface area contributed by atoms with Crippen LogP contribution in [0.25, 0.3) is 0 Å². The molecular weight excluding hydrogens is 329 g/mol. The molecule has 0 atom stereocenters. The summed E-state index contributed by atoms with van der Waals surface area (Å²) < 4.78 is 14.5. The Bertz CT molecular complexity index is 723. The molecule has 1 N–H and O–H groups in total. The van der Waals surface area contributed by atoms with Gasteiger partial charge < -0.3 is 5.32 Å². The Morgan fingerprint density at radius 3 is 2.46 bits per heavy atom. The molecule has 1 aromatic heterocycles. The van der Waals surface area contributed by atoms with E-state index in [4.69, 9.17) is 11.6 Å². The van der Waals surface area contributed by atoms with Gasteiger partial charge in [0.15, 0.2) is 0 Å². The van der Waals surface area contributed by atoms with E-state index in [2.05, 4.69) is 10.4 Å². The van der Waals surface area contributed by atoms with Gasteiger partial charge in [0.2, 0.25) is 0 Å². The fraction of sp³-hybridized carbons (Fsp3) is 0.444. The van der Waals surface area contributed by atoms with E-state index < -0.39 is 12.1 Å². The Balaban J connectivity index is 2.06. The fourth-order valence-corrected chi connectivity index (χ4v) is 2.82. The molecule has 2 aromatic rings. The second kappa shape index (κ2) is 7.34. The smallest absolute Gasteiger partial charge is 0.271 e. The average molecular weight is 352 g/mol. The van der Waals surface area contributed by atoms with Gasteiger partial charge in [-0.2, -0.15) is 5.10 Å². The van der Waals surface area contributed by atoms with E-state index >= 15 is 0 Å². The first-order valence-electron chi connectivity index (χ1n) is 7.95. The Kier molecular flexibility index (Phi) is 5.65. The number of hydrogen-bond donors (Lipinski definition) is 1. The van der Waals surface area contributed by atoms with Gasteiger partial charge in [0.25, 0.3) is 5.91 Å². The van der Waals surface area contributed by atoms with Crippen LogP contribution in [0.1, 0.15) is 48.1 Å². The minimum atomic E-state index is -0.499. The van der Waals surface area contributed by atoms with Crippen LogP contribution in [0.2, 0.25) is 5.02 Å². The van der Waals surface area contributed by atoms with Crippen molar-refractivity contribution in [3.05, 3.63) is 51.8 Å². The maximum Gasteiger partial charge on any atom is 0.271 e. The lowest BCUT2D eigenvalue weighted by molar-refractivity contribution is 0.0941. The van der Waals surface area contributed by atoms with Crippen molar-refractivity contribution in [1.82, 2.24) is 15.1 Å². The molecular formula is C18H23ClFN3O. The van der Waals surface area contributed by atoms with Crippen molar-refractivity contribution in [2.24, 2.45) is 7.05 Å². The molecule has 0 bridgehead atoms. The van der Waals surface area contributed by atoms with Gasteiger partial charge in [-0.3, -0.25) is 13.9 Å². The van der Waals surface area contributed by atoms with Gasteiger partial charge >= 0.3 is 0 Å². The van der Waals surface area contributed by atoms with E-state index in [0.29, 0.717) is 29.4 Å². The summed E-state index contributed by atoms with van der Waals surface area (Å²) in [5.41, 5.74) is 2.45. The molecule has 1 amide bonds. The number of aryl methyl sites for hydroxylation is 2. The normalized spacial score (nSPS) is 11.6. The third kappa shape index (κ3) is 3.78. The molecule has 0 radical (unpaired) electrons. The summed E-state index contributed by atoms with van der Waals surface area (Å²) in [6.45, 7) is 5.62. The molecule has 0 saturated heterocycles. The van der Waals surface area contributed by atoms with Crippen LogP contribution in [0.15, 0.2) is 24.3 Å². The SMILES string of the molecule is CCc1nn(C)c(C(=O)NCc2ccc(C(C)(C)CF)cc2)c1Cl. The van der Waals surface area contributed by atoms with Gasteiger partial charge in [0.05, 0.1) is 17.4 Å². The molecule has 24 heavy (non-hydrogen) atoms. The Labute approximate surface area is 147 Å². The minimum absolute atomic E-state index is 0.261. The molecule has 0 aliphatic heterocycles. The van der Waals surface area contributed by atoms with Gasteiger partial charge in [0.1, 0.15) is 5.69 Å². The largest absolute Gasteiger partial charge is 0.347 e. The van der Waals surface area contributed by atoms with Crippen LogP contribution in [0.3, 0.4) is 0 Å². The van der Waals surface area contributed by atoms with Gasteiger partial charge in [0, 0.05) is 19.0 Å². The van der Waals surface area contributed by atoms with Crippen LogP contribution in [0, 0.1) is 0 Å². The number of halogens is 2. The highest BCUT2D eigenvalue weighted by Crippen LogP contribution is 2.24. The molecule has 130 valence electrons. The second-order valence-electron chi connectivity index (χ2n) is 6.48. The number of nitrogens with one attached hydrogen (secondary N) is 1. The molecule has 1 heterocycles. The molecule has 4 nitrogen and oxygen atoms in total. The van der Waals surface area contributed by atoms with Crippen molar-refractivity contribution in [3.8, 4) is 0 Å². The fourth-order valence-electron chi connectivity index (χ4n) is 2.44. The highest BCUT2D eigenvalue weighted by atomic mass is 35.5. The van der Waals surface area contributed by atoms with E-state index in [9.17, 15) is 9.18 Å². The van der Waals surface area contributed by atoms with Crippen molar-refractivity contribution in [2.45, 2.75) is 39.2 Å². The lowest BCUT2D eigenvalue weighted by Crippen LogP contribution is -2.25. The number of benzene rings is 1. The highest BCUT2D eigenvalue weighted by molar-refractivity contribution is 6.34. The van der Waals surface area contributed by atoms with E-state index in [-0.39, 0.29) is 5.91 Å². The van der Waals surface area contributed by atoms with Crippen molar-refractivity contribution in [2.75, 3.05) is 6.67 Å². The van der Waals surface area contributed by atoms with Gasteiger partial charge in [-0.25, -0.2) is 0 Å². The number of alkyl halides is 1. The van der Waals surface area contributed by atoms with Crippen molar-refractivity contribution < 1.29 is 9.18 Å². The first-order chi connectivity index (χ1) is 11.3. The minimum Gasteiger partial charge on any atom is -0.347 e. The lowest BCUT2D eigenvalue weighted by Gasteiger charge is -2.21. The zero-order chi connectivity index (χ0) is 17.9. The van der Waals surface area contributed by atoms with E-state index in [1.165, 1.54) is 4.68 Å². The average Bonchev–Trinajstić information content (AvgIpc) is 2.87. The number of hydrogen-bond acceptors (Lipinski definition) is 2. The van der Waals surface area contributed by atoms with Gasteiger partial charge in [-0.05, 0) is 17.5 Å². The topological polar surface area (TPSA) is 46.9 Å². The van der Waals surface area contributed by atoms with Gasteiger partial charge in [-0.1, -0.05) is 56.6 Å². The van der Waals surface area contributed by atoms with E-state index in [0.717, 1.165) is 11.1 Å². The highest BCUT2D eigenvalue weighted by Gasteiger charge is 2.21. The monoisotopic (exact) mass is 351 g/mol. The van der Waals surface area contributed by atoms with Crippen molar-refractivity contribution in [3.63, 3.8) is 0 Å². The van der Waals surface area contributed by atoms with Crippen molar-refractivity contribution in [1.29, 1.82) is 0 Å². The molecule has 0 fully saturated rings. The van der Waals surface area contributed by atoms with Crippen LogP contribution < -0.4 is 5.32 Å². The summed E-state index contributed by atoms with van der Waals surface area (Å²) in [5.74, 6) is -0.261. The van der Waals surface area contributed by atoms with Crippen LogP contribution in [0.4, 0.5) is 4.39 Å². The molecule has 0 aliphatic rings. The summed E-state index contributed by atoms with van der Waals surface area (Å²) in [7, 11) is 1.70. The standard InChI is InChI=1S/C18H23ClFN3O/c1-5-14-15(19)16(23(4)22-14)17(24)21-10-12-6-8-13(9-7-12)18(2,3)11-20/h6-9H,5,10-11H2,1-4H3,(H,21,24). The number of rotatable bonds is 6. The van der Waals surface area contributed by atoms with Crippen LogP contribution in [0.5, 0.6) is 0 Å². The zero-order valence-electron chi connectivity index (χ0n) is 14.5. The maximum atomic E-state index is 13.0. The first kappa shape index (κ1) is 18.5. The van der Waals surface area contributed by atoms with E-state index in [1.807, 2.05) is 45.0 Å². The van der Waals surface area contributed by atoms with Crippen LogP contribution >= 0.6 is 11.6 Å². The summed E-state index contributed by atoms with van der Waals surface area (Å²) in [6, 6.07) is 7.59. The van der Waals surface area contributed by atoms with Crippen LogP contribution in [-0.4, -0.2) is 22.4 Å². The molecule has 0 saturated carbocycles. The number of carbonyl (C=O) groups is 1. The number of aromatic nitrogens is 2. The van der Waals surface area contributed by atoms with Crippen LogP contribution in [-0.2, 0) is 25.4 Å². The molecule has 0 spiro atoms. The molecule has 2 rings (SSSR count). The number of amides is 1. The Morgan fingerprint density at radius 1 is 1.33 bits per heavy atom. The molecule has 0 aliphatic carbocycles. The third-order valence-corrected chi connectivity index (χ3v) is 4.53. The van der Waals surface area contributed by atoms with Gasteiger partial charge in [-0.15, -0.1) is 0 Å². The first-order valence-corrected chi connectivity index (χ1v) is 8.33. The zero-order valence-corrected chi connectivity index (χ0v) is 15.2. The molecule has 6 heteroatoms. The maximum absolute atomic E-state index is 13.0. The summed E-state index contributed by atoms with van der Waals surface area (Å²) in [6.07, 6.45) is 0.672. The summed E-state index contributed by atoms with van der Waals surface area (Å²) >= 11 is 6.21. The Hall–Kier alpha value is -1.88. The number of carbonyl (C=O) groups excluding carboxylic acids is 1. The molecule has 1 aromatic carbocycles. The van der Waals surface area contributed by atoms with E-state index in [1.54, 1.807) is 7.05 Å². The lowest BCUT2D eigenvalue weighted by atomic mass is 9.86. The summed E-state index contributed by atoms with van der Waals surface area (Å²) in [4.78, 5) is 12.4. The third-order valence-electron chi connectivity index (χ3n) is 4.13. The quantitative estimate of drug-likeness (QED) is 0.860. The summed E-state index contributed by atoms with van der Waals surface area (Å²) in [5, 5.41) is 7.49. The number of nitrogens with zero attached hydrogens (tertiary/aromatic N) is 2. The Morgan fingerprint density at radius 2 is 1.96 bits per heavy atom. The predicted molar refractivity (Wildman–Crippen MR) is 94.2 cm³/mol. The predicted octanol–water partition coefficient (Wildman–Crippen LogP) is 3.81.